The van der Waals surface area contributed by atoms with Gasteiger partial charge < -0.3 is 10.4 Å². The fourth-order valence-corrected chi connectivity index (χ4v) is 6.52. The Kier molecular flexibility index (Phi) is 6.62. The normalized spacial score (nSPS) is 28.0. The monoisotopic (exact) mass is 565 g/mol. The van der Waals surface area contributed by atoms with Gasteiger partial charge in [-0.2, -0.15) is 23.5 Å². The van der Waals surface area contributed by atoms with Gasteiger partial charge in [-0.1, -0.05) is 0 Å². The number of nitrogens with one attached hydrogen (secondary N) is 1. The number of carbonyl (C=O) groups is 1. The Hall–Kier alpha value is -3.82. The van der Waals surface area contributed by atoms with E-state index < -0.39 is 23.1 Å². The lowest BCUT2D eigenvalue weighted by Crippen LogP contribution is -2.36. The van der Waals surface area contributed by atoms with E-state index in [4.69, 9.17) is 0 Å². The number of alkyl halides is 3. The summed E-state index contributed by atoms with van der Waals surface area (Å²) in [6.07, 6.45) is 4.21. The topological polar surface area (TPSA) is 120 Å². The van der Waals surface area contributed by atoms with Gasteiger partial charge in [-0.15, -0.1) is 0 Å². The van der Waals surface area contributed by atoms with E-state index in [0.717, 1.165) is 63.9 Å². The van der Waals surface area contributed by atoms with Crippen LogP contribution in [-0.4, -0.2) is 60.9 Å². The quantitative estimate of drug-likeness (QED) is 0.471. The number of halogens is 3. The van der Waals surface area contributed by atoms with Crippen LogP contribution < -0.4 is 5.32 Å². The number of carbonyl (C=O) groups excluding carboxylic acids is 1. The molecule has 2 N–H and O–H groups in total. The standard InChI is InChI=1S/C29H30F3N7O2/c1-18-22(15-36-39(18)25-5-2-19(13-35-25)29(30,31)32)26(41)37-20-3-4-23(34-14-20)28(17-33)9-7-27(8-10-28)12-24(27)38-11-6-21(40)16-38/h2-5,13-15,21,24,40H,6-12,16H2,1H3,(H,37,41)/t21?,24-,27?,28?/m1/s1. The van der Waals surface area contributed by atoms with Crippen molar-refractivity contribution in [2.45, 2.75) is 69.2 Å². The number of aromatic nitrogens is 4. The van der Waals surface area contributed by atoms with Crippen LogP contribution >= 0.6 is 0 Å². The molecule has 2 atom stereocenters. The number of aliphatic hydroxyl groups excluding tert-OH is 1. The molecule has 1 saturated heterocycles. The Labute approximate surface area is 235 Å². The first-order chi connectivity index (χ1) is 19.5. The number of nitrogens with zero attached hydrogens (tertiary/aromatic N) is 6. The minimum atomic E-state index is -4.50. The molecule has 1 aliphatic heterocycles. The number of rotatable bonds is 5. The molecule has 1 spiro atoms. The summed E-state index contributed by atoms with van der Waals surface area (Å²) in [7, 11) is 0. The molecule has 0 aromatic carbocycles. The molecular formula is C29H30F3N7O2. The molecular weight excluding hydrogens is 535 g/mol. The average Bonchev–Trinajstić information content (AvgIpc) is 3.25. The number of pyridine rings is 2. The number of aliphatic hydroxyl groups is 1. The number of anilines is 1. The van der Waals surface area contributed by atoms with Crippen LogP contribution in [0.5, 0.6) is 0 Å². The van der Waals surface area contributed by atoms with Gasteiger partial charge in [0.2, 0.25) is 0 Å². The molecule has 0 radical (unpaired) electrons. The van der Waals surface area contributed by atoms with Crippen molar-refractivity contribution in [3.63, 3.8) is 0 Å². The van der Waals surface area contributed by atoms with Gasteiger partial charge in [0.05, 0.1) is 58.2 Å². The first-order valence-electron chi connectivity index (χ1n) is 13.7. The van der Waals surface area contributed by atoms with Crippen molar-refractivity contribution < 1.29 is 23.1 Å². The molecule has 1 amide bonds. The van der Waals surface area contributed by atoms with Gasteiger partial charge in [0.25, 0.3) is 5.91 Å². The van der Waals surface area contributed by atoms with Crippen molar-refractivity contribution in [3.05, 3.63) is 65.4 Å². The fourth-order valence-electron chi connectivity index (χ4n) is 6.52. The van der Waals surface area contributed by atoms with E-state index >= 15 is 0 Å². The Morgan fingerprint density at radius 2 is 1.90 bits per heavy atom. The molecule has 41 heavy (non-hydrogen) atoms. The molecule has 3 fully saturated rings. The molecule has 12 heteroatoms. The van der Waals surface area contributed by atoms with E-state index in [2.05, 4.69) is 31.4 Å². The van der Waals surface area contributed by atoms with Gasteiger partial charge in [0, 0.05) is 25.3 Å². The van der Waals surface area contributed by atoms with E-state index in [-0.39, 0.29) is 22.9 Å². The highest BCUT2D eigenvalue weighted by molar-refractivity contribution is 6.04. The first kappa shape index (κ1) is 27.4. The third kappa shape index (κ3) is 4.97. The molecule has 9 nitrogen and oxygen atoms in total. The second-order valence-electron chi connectivity index (χ2n) is 11.6. The highest BCUT2D eigenvalue weighted by Gasteiger charge is 2.60. The lowest BCUT2D eigenvalue weighted by atomic mass is 9.67. The van der Waals surface area contributed by atoms with E-state index in [1.807, 2.05) is 0 Å². The van der Waals surface area contributed by atoms with Crippen LogP contribution in [0.2, 0.25) is 0 Å². The zero-order valence-electron chi connectivity index (χ0n) is 22.5. The van der Waals surface area contributed by atoms with E-state index in [1.165, 1.54) is 16.9 Å². The van der Waals surface area contributed by atoms with Crippen molar-refractivity contribution in [2.75, 3.05) is 18.4 Å². The van der Waals surface area contributed by atoms with Crippen LogP contribution in [0.4, 0.5) is 18.9 Å². The van der Waals surface area contributed by atoms with Crippen molar-refractivity contribution in [3.8, 4) is 11.9 Å². The number of nitriles is 1. The molecule has 3 aromatic heterocycles. The molecule has 2 aliphatic carbocycles. The van der Waals surface area contributed by atoms with Crippen LogP contribution in [0.15, 0.2) is 42.9 Å². The highest BCUT2D eigenvalue weighted by Crippen LogP contribution is 2.62. The van der Waals surface area contributed by atoms with E-state index in [9.17, 15) is 28.3 Å². The SMILES string of the molecule is Cc1c(C(=O)Nc2ccc(C3(C#N)CCC4(CC3)C[C@H]4N3CCC(O)C3)nc2)cnn1-c1ccc(C(F)(F)F)cn1. The molecule has 2 saturated carbocycles. The van der Waals surface area contributed by atoms with Gasteiger partial charge in [0.1, 0.15) is 0 Å². The van der Waals surface area contributed by atoms with Gasteiger partial charge in [-0.05, 0) is 75.1 Å². The maximum atomic E-state index is 13.0. The number of likely N-dealkylation sites (tertiary alicyclic amines) is 1. The van der Waals surface area contributed by atoms with Crippen molar-refractivity contribution in [1.82, 2.24) is 24.6 Å². The van der Waals surface area contributed by atoms with Crippen molar-refractivity contribution in [1.29, 1.82) is 5.26 Å². The molecule has 214 valence electrons. The van der Waals surface area contributed by atoms with E-state index in [0.29, 0.717) is 23.1 Å². The number of hydrogen-bond acceptors (Lipinski definition) is 7. The van der Waals surface area contributed by atoms with Gasteiger partial charge in [-0.25, -0.2) is 9.67 Å². The van der Waals surface area contributed by atoms with Gasteiger partial charge in [-0.3, -0.25) is 14.7 Å². The summed E-state index contributed by atoms with van der Waals surface area (Å²) in [5.41, 5.74) is 0.513. The van der Waals surface area contributed by atoms with Crippen LogP contribution in [0.3, 0.4) is 0 Å². The highest BCUT2D eigenvalue weighted by atomic mass is 19.4. The summed E-state index contributed by atoms with van der Waals surface area (Å²) in [5.74, 6) is -0.288. The Bertz CT molecular complexity index is 1490. The van der Waals surface area contributed by atoms with Crippen molar-refractivity contribution >= 4 is 11.6 Å². The fraction of sp³-hybridized carbons (Fsp3) is 0.483. The lowest BCUT2D eigenvalue weighted by molar-refractivity contribution is -0.137. The van der Waals surface area contributed by atoms with Crippen molar-refractivity contribution in [2.24, 2.45) is 5.41 Å². The average molecular weight is 566 g/mol. The molecule has 1 unspecified atom stereocenters. The largest absolute Gasteiger partial charge is 0.417 e. The molecule has 0 bridgehead atoms. The van der Waals surface area contributed by atoms with Crippen LogP contribution in [0, 0.1) is 23.7 Å². The predicted octanol–water partition coefficient (Wildman–Crippen LogP) is 4.40. The third-order valence-corrected chi connectivity index (χ3v) is 9.15. The van der Waals surface area contributed by atoms with Crippen LogP contribution in [0.25, 0.3) is 5.82 Å². The molecule has 3 aromatic rings. The molecule has 3 aliphatic rings. The summed E-state index contributed by atoms with van der Waals surface area (Å²) in [6, 6.07) is 8.67. The zero-order chi connectivity index (χ0) is 29.0. The minimum absolute atomic E-state index is 0.159. The Morgan fingerprint density at radius 1 is 1.12 bits per heavy atom. The maximum absolute atomic E-state index is 13.0. The minimum Gasteiger partial charge on any atom is -0.392 e. The number of amides is 1. The second-order valence-corrected chi connectivity index (χ2v) is 11.6. The number of β-amino-alcohol motifs (C(OH)–C–C–N with tert-alkyl or cyclic N) is 1. The second kappa shape index (κ2) is 9.92. The van der Waals surface area contributed by atoms with Crippen LogP contribution in [0.1, 0.15) is 65.8 Å². The zero-order valence-corrected chi connectivity index (χ0v) is 22.5. The summed E-state index contributed by atoms with van der Waals surface area (Å²) in [4.78, 5) is 23.8. The predicted molar refractivity (Wildman–Crippen MR) is 142 cm³/mol. The van der Waals surface area contributed by atoms with Gasteiger partial charge >= 0.3 is 6.18 Å². The third-order valence-electron chi connectivity index (χ3n) is 9.15. The number of hydrogen-bond donors (Lipinski definition) is 2. The smallest absolute Gasteiger partial charge is 0.392 e. The molecule has 4 heterocycles. The maximum Gasteiger partial charge on any atom is 0.417 e. The Balaban J connectivity index is 1.10. The summed E-state index contributed by atoms with van der Waals surface area (Å²) < 4.78 is 39.9. The Morgan fingerprint density at radius 3 is 2.49 bits per heavy atom. The van der Waals surface area contributed by atoms with E-state index in [1.54, 1.807) is 25.3 Å². The lowest BCUT2D eigenvalue weighted by Gasteiger charge is -2.36. The summed E-state index contributed by atoms with van der Waals surface area (Å²) in [6.45, 7) is 3.32. The summed E-state index contributed by atoms with van der Waals surface area (Å²) in [5, 5.41) is 27.0. The van der Waals surface area contributed by atoms with Crippen LogP contribution in [-0.2, 0) is 11.6 Å². The first-order valence-corrected chi connectivity index (χ1v) is 13.7. The summed E-state index contributed by atoms with van der Waals surface area (Å²) >= 11 is 0. The van der Waals surface area contributed by atoms with Gasteiger partial charge in [0.15, 0.2) is 5.82 Å². The molecule has 6 rings (SSSR count).